The van der Waals surface area contributed by atoms with Crippen molar-refractivity contribution in [2.75, 3.05) is 6.54 Å². The summed E-state index contributed by atoms with van der Waals surface area (Å²) in [6.45, 7) is 10.1. The van der Waals surface area contributed by atoms with E-state index in [1.807, 2.05) is 0 Å². The summed E-state index contributed by atoms with van der Waals surface area (Å²) in [5.74, 6) is 0.828. The van der Waals surface area contributed by atoms with Gasteiger partial charge >= 0.3 is 0 Å². The standard InChI is InChI=1S/C14H26N2/c1-4-9-16-10-7-8-14(16)12-15-11-13(5-2)6-3/h7-8,10,13,15H,4-6,9,11-12H2,1-3H3. The second kappa shape index (κ2) is 7.50. The zero-order valence-corrected chi connectivity index (χ0v) is 11.0. The van der Waals surface area contributed by atoms with Crippen LogP contribution in [-0.2, 0) is 13.1 Å². The van der Waals surface area contributed by atoms with Crippen molar-refractivity contribution in [3.8, 4) is 0 Å². The van der Waals surface area contributed by atoms with E-state index in [9.17, 15) is 0 Å². The molecule has 0 aliphatic heterocycles. The Morgan fingerprint density at radius 3 is 2.62 bits per heavy atom. The molecule has 0 bridgehead atoms. The molecule has 0 saturated carbocycles. The van der Waals surface area contributed by atoms with Gasteiger partial charge in [0.25, 0.3) is 0 Å². The molecule has 1 heterocycles. The van der Waals surface area contributed by atoms with Crippen LogP contribution in [0.1, 0.15) is 45.7 Å². The molecule has 0 spiro atoms. The van der Waals surface area contributed by atoms with Crippen LogP contribution in [0.15, 0.2) is 18.3 Å². The summed E-state index contributed by atoms with van der Waals surface area (Å²) in [6.07, 6.45) is 5.94. The minimum atomic E-state index is 0.828. The second-order valence-electron chi connectivity index (χ2n) is 4.51. The van der Waals surface area contributed by atoms with Crippen LogP contribution >= 0.6 is 0 Å². The molecule has 1 aromatic heterocycles. The van der Waals surface area contributed by atoms with Crippen LogP contribution in [0.5, 0.6) is 0 Å². The number of hydrogen-bond donors (Lipinski definition) is 1. The van der Waals surface area contributed by atoms with E-state index in [2.05, 4.69) is 49.0 Å². The SMILES string of the molecule is CCCn1cccc1CNCC(CC)CC. The molecule has 0 aliphatic carbocycles. The van der Waals surface area contributed by atoms with E-state index in [1.165, 1.54) is 25.0 Å². The third kappa shape index (κ3) is 4.01. The molecule has 0 fully saturated rings. The van der Waals surface area contributed by atoms with Crippen molar-refractivity contribution in [1.82, 2.24) is 9.88 Å². The third-order valence-electron chi connectivity index (χ3n) is 3.28. The molecular formula is C14H26N2. The molecular weight excluding hydrogens is 196 g/mol. The molecule has 0 aromatic carbocycles. The van der Waals surface area contributed by atoms with Crippen molar-refractivity contribution in [3.63, 3.8) is 0 Å². The predicted molar refractivity (Wildman–Crippen MR) is 70.5 cm³/mol. The first-order chi connectivity index (χ1) is 7.81. The summed E-state index contributed by atoms with van der Waals surface area (Å²) in [7, 11) is 0. The Morgan fingerprint density at radius 2 is 2.00 bits per heavy atom. The van der Waals surface area contributed by atoms with E-state index < -0.39 is 0 Å². The van der Waals surface area contributed by atoms with Gasteiger partial charge in [0.1, 0.15) is 0 Å². The Balaban J connectivity index is 2.33. The van der Waals surface area contributed by atoms with Crippen LogP contribution in [0.2, 0.25) is 0 Å². The molecule has 2 nitrogen and oxygen atoms in total. The van der Waals surface area contributed by atoms with Crippen LogP contribution in [0.25, 0.3) is 0 Å². The minimum absolute atomic E-state index is 0.828. The zero-order chi connectivity index (χ0) is 11.8. The number of hydrogen-bond acceptors (Lipinski definition) is 1. The van der Waals surface area contributed by atoms with Gasteiger partial charge in [0.05, 0.1) is 0 Å². The Bertz CT molecular complexity index is 274. The molecule has 16 heavy (non-hydrogen) atoms. The van der Waals surface area contributed by atoms with Gasteiger partial charge in [-0.2, -0.15) is 0 Å². The Morgan fingerprint density at radius 1 is 1.25 bits per heavy atom. The van der Waals surface area contributed by atoms with Gasteiger partial charge in [0.2, 0.25) is 0 Å². The lowest BCUT2D eigenvalue weighted by Gasteiger charge is -2.14. The van der Waals surface area contributed by atoms with E-state index in [-0.39, 0.29) is 0 Å². The van der Waals surface area contributed by atoms with Crippen LogP contribution in [0.3, 0.4) is 0 Å². The topological polar surface area (TPSA) is 17.0 Å². The molecule has 0 radical (unpaired) electrons. The first-order valence-electron chi connectivity index (χ1n) is 6.66. The van der Waals surface area contributed by atoms with Crippen molar-refractivity contribution in [2.45, 2.75) is 53.1 Å². The monoisotopic (exact) mass is 222 g/mol. The molecule has 1 N–H and O–H groups in total. The normalized spacial score (nSPS) is 11.2. The summed E-state index contributed by atoms with van der Waals surface area (Å²) in [6, 6.07) is 4.36. The van der Waals surface area contributed by atoms with Gasteiger partial charge in [-0.15, -0.1) is 0 Å². The summed E-state index contributed by atoms with van der Waals surface area (Å²) < 4.78 is 2.35. The maximum atomic E-state index is 3.57. The number of rotatable bonds is 8. The van der Waals surface area contributed by atoms with Gasteiger partial charge in [0.15, 0.2) is 0 Å². The molecule has 2 heteroatoms. The van der Waals surface area contributed by atoms with Crippen molar-refractivity contribution in [2.24, 2.45) is 5.92 Å². The van der Waals surface area contributed by atoms with Crippen molar-refractivity contribution < 1.29 is 0 Å². The number of aryl methyl sites for hydroxylation is 1. The molecule has 0 aliphatic rings. The number of aromatic nitrogens is 1. The van der Waals surface area contributed by atoms with Crippen molar-refractivity contribution in [1.29, 1.82) is 0 Å². The minimum Gasteiger partial charge on any atom is -0.350 e. The molecule has 0 unspecified atom stereocenters. The Labute approximate surface area is 100 Å². The molecule has 1 aromatic rings. The second-order valence-corrected chi connectivity index (χ2v) is 4.51. The van der Waals surface area contributed by atoms with Gasteiger partial charge in [-0.25, -0.2) is 0 Å². The van der Waals surface area contributed by atoms with E-state index in [4.69, 9.17) is 0 Å². The lowest BCUT2D eigenvalue weighted by molar-refractivity contribution is 0.444. The van der Waals surface area contributed by atoms with Crippen molar-refractivity contribution >= 4 is 0 Å². The van der Waals surface area contributed by atoms with E-state index >= 15 is 0 Å². The van der Waals surface area contributed by atoms with Gasteiger partial charge in [-0.1, -0.05) is 33.6 Å². The highest BCUT2D eigenvalue weighted by Crippen LogP contribution is 2.07. The maximum Gasteiger partial charge on any atom is 0.0359 e. The van der Waals surface area contributed by atoms with Crippen LogP contribution in [0, 0.1) is 5.92 Å². The van der Waals surface area contributed by atoms with Crippen molar-refractivity contribution in [3.05, 3.63) is 24.0 Å². The molecule has 0 atom stereocenters. The number of nitrogens with zero attached hydrogens (tertiary/aromatic N) is 1. The summed E-state index contributed by atoms with van der Waals surface area (Å²) >= 11 is 0. The molecule has 0 amide bonds. The van der Waals surface area contributed by atoms with Crippen LogP contribution in [-0.4, -0.2) is 11.1 Å². The maximum absolute atomic E-state index is 3.57. The first kappa shape index (κ1) is 13.3. The highest BCUT2D eigenvalue weighted by Gasteiger charge is 2.04. The van der Waals surface area contributed by atoms with Gasteiger partial charge in [-0.3, -0.25) is 0 Å². The Kier molecular flexibility index (Phi) is 6.24. The first-order valence-corrected chi connectivity index (χ1v) is 6.66. The smallest absolute Gasteiger partial charge is 0.0359 e. The van der Waals surface area contributed by atoms with Crippen LogP contribution in [0.4, 0.5) is 0 Å². The highest BCUT2D eigenvalue weighted by molar-refractivity contribution is 5.06. The average Bonchev–Trinajstić information content (AvgIpc) is 2.73. The zero-order valence-electron chi connectivity index (χ0n) is 11.0. The van der Waals surface area contributed by atoms with E-state index in [0.717, 1.165) is 25.6 Å². The fourth-order valence-corrected chi connectivity index (χ4v) is 2.05. The lowest BCUT2D eigenvalue weighted by atomic mass is 10.0. The summed E-state index contributed by atoms with van der Waals surface area (Å²) in [4.78, 5) is 0. The fourth-order valence-electron chi connectivity index (χ4n) is 2.05. The lowest BCUT2D eigenvalue weighted by Crippen LogP contribution is -2.23. The quantitative estimate of drug-likeness (QED) is 0.713. The average molecular weight is 222 g/mol. The largest absolute Gasteiger partial charge is 0.350 e. The molecule has 92 valence electrons. The van der Waals surface area contributed by atoms with Gasteiger partial charge in [0, 0.05) is 25.0 Å². The number of nitrogens with one attached hydrogen (secondary N) is 1. The third-order valence-corrected chi connectivity index (χ3v) is 3.28. The predicted octanol–water partition coefficient (Wildman–Crippen LogP) is 3.42. The summed E-state index contributed by atoms with van der Waals surface area (Å²) in [5.41, 5.74) is 1.41. The van der Waals surface area contributed by atoms with E-state index in [1.54, 1.807) is 0 Å². The molecule has 0 saturated heterocycles. The summed E-state index contributed by atoms with van der Waals surface area (Å²) in [5, 5.41) is 3.57. The Hall–Kier alpha value is -0.760. The molecule has 1 rings (SSSR count). The van der Waals surface area contributed by atoms with E-state index in [0.29, 0.717) is 0 Å². The fraction of sp³-hybridized carbons (Fsp3) is 0.714. The van der Waals surface area contributed by atoms with Gasteiger partial charge < -0.3 is 9.88 Å². The van der Waals surface area contributed by atoms with Gasteiger partial charge in [-0.05, 0) is 31.0 Å². The van der Waals surface area contributed by atoms with Crippen LogP contribution < -0.4 is 5.32 Å². The highest BCUT2D eigenvalue weighted by atomic mass is 15.0.